The number of alkyl halides is 5. The summed E-state index contributed by atoms with van der Waals surface area (Å²) in [7, 11) is 0. The highest BCUT2D eigenvalue weighted by Crippen LogP contribution is 2.36. The summed E-state index contributed by atoms with van der Waals surface area (Å²) in [4.78, 5) is 3.41. The van der Waals surface area contributed by atoms with Crippen molar-refractivity contribution in [3.05, 3.63) is 23.4 Å². The van der Waals surface area contributed by atoms with Gasteiger partial charge in [0.15, 0.2) is 6.61 Å². The lowest BCUT2D eigenvalue weighted by Crippen LogP contribution is -2.41. The highest BCUT2D eigenvalue weighted by Gasteiger charge is 2.58. The molecule has 1 aromatic heterocycles. The van der Waals surface area contributed by atoms with E-state index in [2.05, 4.69) is 9.72 Å². The third-order valence-corrected chi connectivity index (χ3v) is 1.82. The Morgan fingerprint density at radius 1 is 1.25 bits per heavy atom. The van der Waals surface area contributed by atoms with Gasteiger partial charge in [-0.25, -0.2) is 4.98 Å². The van der Waals surface area contributed by atoms with E-state index < -0.39 is 24.6 Å². The number of nitrogens with zero attached hydrogens (tertiary/aromatic N) is 1. The van der Waals surface area contributed by atoms with Gasteiger partial charge in [0.25, 0.3) is 0 Å². The Labute approximate surface area is 92.0 Å². The van der Waals surface area contributed by atoms with Gasteiger partial charge < -0.3 is 4.74 Å². The summed E-state index contributed by atoms with van der Waals surface area (Å²) >= 11 is 5.45. The van der Waals surface area contributed by atoms with Gasteiger partial charge in [-0.15, -0.1) is 0 Å². The van der Waals surface area contributed by atoms with Crippen LogP contribution >= 0.6 is 11.6 Å². The normalized spacial score (nSPS) is 12.6. The molecule has 0 spiro atoms. The van der Waals surface area contributed by atoms with Crippen LogP contribution < -0.4 is 4.74 Å². The van der Waals surface area contributed by atoms with Crippen LogP contribution in [0.4, 0.5) is 22.0 Å². The molecule has 1 heterocycles. The molecule has 0 atom stereocenters. The Hall–Kier alpha value is -1.11. The van der Waals surface area contributed by atoms with E-state index >= 15 is 0 Å². The Kier molecular flexibility index (Phi) is 3.57. The monoisotopic (exact) mass is 261 g/mol. The van der Waals surface area contributed by atoms with Gasteiger partial charge in [-0.2, -0.15) is 22.0 Å². The number of hydrogen-bond acceptors (Lipinski definition) is 2. The zero-order valence-electron chi connectivity index (χ0n) is 7.56. The van der Waals surface area contributed by atoms with Gasteiger partial charge in [-0.1, -0.05) is 11.6 Å². The molecule has 0 fully saturated rings. The summed E-state index contributed by atoms with van der Waals surface area (Å²) in [5, 5.41) is -0.138. The third-order valence-electron chi connectivity index (χ3n) is 1.53. The molecule has 8 heteroatoms. The van der Waals surface area contributed by atoms with E-state index in [0.717, 1.165) is 6.20 Å². The van der Waals surface area contributed by atoms with Crippen molar-refractivity contribution >= 4 is 11.6 Å². The molecule has 0 N–H and O–H groups in total. The number of hydrogen-bond donors (Lipinski definition) is 0. The van der Waals surface area contributed by atoms with Crippen LogP contribution in [0.3, 0.4) is 0 Å². The van der Waals surface area contributed by atoms with Crippen molar-refractivity contribution in [1.29, 1.82) is 0 Å². The first-order valence-corrected chi connectivity index (χ1v) is 4.30. The number of rotatable bonds is 3. The van der Waals surface area contributed by atoms with Gasteiger partial charge in [0.1, 0.15) is 5.02 Å². The molecule has 0 unspecified atom stereocenters. The Bertz CT molecular complexity index is 368. The minimum absolute atomic E-state index is 0.138. The molecule has 0 aromatic carbocycles. The minimum atomic E-state index is -5.66. The third kappa shape index (κ3) is 2.94. The van der Waals surface area contributed by atoms with E-state index in [1.165, 1.54) is 12.1 Å². The van der Waals surface area contributed by atoms with Crippen LogP contribution in [0.15, 0.2) is 18.3 Å². The lowest BCUT2D eigenvalue weighted by atomic mass is 10.3. The van der Waals surface area contributed by atoms with Crippen molar-refractivity contribution in [3.8, 4) is 5.88 Å². The summed E-state index contributed by atoms with van der Waals surface area (Å²) < 4.78 is 64.3. The quantitative estimate of drug-likeness (QED) is 0.779. The second-order valence-electron chi connectivity index (χ2n) is 2.78. The molecule has 90 valence electrons. The molecule has 0 aliphatic heterocycles. The predicted molar refractivity (Wildman–Crippen MR) is 45.7 cm³/mol. The van der Waals surface area contributed by atoms with Gasteiger partial charge in [-0.3, -0.25) is 0 Å². The molecule has 1 aromatic rings. The van der Waals surface area contributed by atoms with Crippen molar-refractivity contribution in [2.45, 2.75) is 12.1 Å². The maximum absolute atomic E-state index is 12.4. The zero-order valence-corrected chi connectivity index (χ0v) is 8.32. The van der Waals surface area contributed by atoms with Crippen LogP contribution in [-0.2, 0) is 0 Å². The fraction of sp³-hybridized carbons (Fsp3) is 0.375. The number of pyridine rings is 1. The molecule has 0 aliphatic rings. The van der Waals surface area contributed by atoms with Crippen LogP contribution in [0.5, 0.6) is 5.88 Å². The van der Waals surface area contributed by atoms with Crippen molar-refractivity contribution in [2.24, 2.45) is 0 Å². The van der Waals surface area contributed by atoms with Crippen molar-refractivity contribution in [3.63, 3.8) is 0 Å². The largest absolute Gasteiger partial charge is 0.470 e. The summed E-state index contributed by atoms with van der Waals surface area (Å²) in [5.41, 5.74) is 0. The molecular formula is C8H5ClF5NO. The van der Waals surface area contributed by atoms with Gasteiger partial charge in [0.05, 0.1) is 0 Å². The topological polar surface area (TPSA) is 22.1 Å². The van der Waals surface area contributed by atoms with Crippen LogP contribution in [0.25, 0.3) is 0 Å². The fourth-order valence-corrected chi connectivity index (χ4v) is 0.894. The molecule has 0 bridgehead atoms. The first kappa shape index (κ1) is 13.0. The molecule has 0 amide bonds. The van der Waals surface area contributed by atoms with Crippen LogP contribution in [-0.4, -0.2) is 23.7 Å². The van der Waals surface area contributed by atoms with Crippen LogP contribution in [0.1, 0.15) is 0 Å². The van der Waals surface area contributed by atoms with Crippen LogP contribution in [0.2, 0.25) is 5.02 Å². The Morgan fingerprint density at radius 3 is 2.38 bits per heavy atom. The van der Waals surface area contributed by atoms with Crippen LogP contribution in [0, 0.1) is 0 Å². The SMILES string of the molecule is FC(F)(F)C(F)(F)COc1ncccc1Cl. The number of ether oxygens (including phenoxy) is 1. The molecular weight excluding hydrogens is 257 g/mol. The fourth-order valence-electron chi connectivity index (χ4n) is 0.718. The molecule has 0 radical (unpaired) electrons. The minimum Gasteiger partial charge on any atom is -0.470 e. The van der Waals surface area contributed by atoms with E-state index in [1.807, 2.05) is 0 Å². The first-order chi connectivity index (χ1) is 7.24. The van der Waals surface area contributed by atoms with Crippen molar-refractivity contribution in [2.75, 3.05) is 6.61 Å². The number of aromatic nitrogens is 1. The highest BCUT2D eigenvalue weighted by atomic mass is 35.5. The average Bonchev–Trinajstić information content (AvgIpc) is 2.15. The Balaban J connectivity index is 2.69. The highest BCUT2D eigenvalue weighted by molar-refractivity contribution is 6.31. The molecule has 1 rings (SSSR count). The van der Waals surface area contributed by atoms with Gasteiger partial charge in [-0.05, 0) is 12.1 Å². The average molecular weight is 262 g/mol. The summed E-state index contributed by atoms with van der Waals surface area (Å²) in [6.07, 6.45) is -4.50. The Morgan fingerprint density at radius 2 is 1.88 bits per heavy atom. The standard InChI is InChI=1S/C8H5ClF5NO/c9-5-2-1-3-15-6(5)16-4-7(10,11)8(12,13)14/h1-3H,4H2. The van der Waals surface area contributed by atoms with Gasteiger partial charge in [0.2, 0.25) is 5.88 Å². The first-order valence-electron chi connectivity index (χ1n) is 3.92. The number of halogens is 6. The maximum atomic E-state index is 12.4. The van der Waals surface area contributed by atoms with E-state index in [9.17, 15) is 22.0 Å². The van der Waals surface area contributed by atoms with Gasteiger partial charge in [0, 0.05) is 6.20 Å². The predicted octanol–water partition coefficient (Wildman–Crippen LogP) is 3.31. The summed E-state index contributed by atoms with van der Waals surface area (Å²) in [6.45, 7) is -1.85. The van der Waals surface area contributed by atoms with Crippen molar-refractivity contribution in [1.82, 2.24) is 4.98 Å². The van der Waals surface area contributed by atoms with Crippen molar-refractivity contribution < 1.29 is 26.7 Å². The van der Waals surface area contributed by atoms with E-state index in [0.29, 0.717) is 0 Å². The van der Waals surface area contributed by atoms with E-state index in [1.54, 1.807) is 0 Å². The summed E-state index contributed by atoms with van der Waals surface area (Å²) in [6, 6.07) is 2.65. The molecule has 0 saturated heterocycles. The molecule has 0 saturated carbocycles. The summed E-state index contributed by atoms with van der Waals surface area (Å²) in [5.74, 6) is -5.40. The second kappa shape index (κ2) is 4.40. The lowest BCUT2D eigenvalue weighted by Gasteiger charge is -2.19. The maximum Gasteiger partial charge on any atom is 0.456 e. The van der Waals surface area contributed by atoms with E-state index in [-0.39, 0.29) is 5.02 Å². The molecule has 16 heavy (non-hydrogen) atoms. The second-order valence-corrected chi connectivity index (χ2v) is 3.19. The molecule has 2 nitrogen and oxygen atoms in total. The molecule has 0 aliphatic carbocycles. The van der Waals surface area contributed by atoms with E-state index in [4.69, 9.17) is 11.6 Å². The lowest BCUT2D eigenvalue weighted by molar-refractivity contribution is -0.290. The smallest absolute Gasteiger partial charge is 0.456 e. The zero-order chi connectivity index (χ0) is 12.4. The van der Waals surface area contributed by atoms with Gasteiger partial charge >= 0.3 is 12.1 Å².